The largest absolute Gasteiger partial charge is 0.325 e. The van der Waals surface area contributed by atoms with Crippen molar-refractivity contribution in [3.63, 3.8) is 0 Å². The first-order valence-corrected chi connectivity index (χ1v) is 10.7. The molecule has 0 spiro atoms. The molecule has 0 radical (unpaired) electrons. The minimum Gasteiger partial charge on any atom is -0.325 e. The van der Waals surface area contributed by atoms with E-state index in [-0.39, 0.29) is 30.7 Å². The molecule has 2 aliphatic rings. The van der Waals surface area contributed by atoms with E-state index in [0.29, 0.717) is 29.8 Å². The summed E-state index contributed by atoms with van der Waals surface area (Å²) in [5.74, 6) is -0.343. The second-order valence-corrected chi connectivity index (χ2v) is 8.13. The topological polar surface area (TPSA) is 82.6 Å². The van der Waals surface area contributed by atoms with Crippen molar-refractivity contribution in [1.29, 1.82) is 0 Å². The molecule has 3 heterocycles. The van der Waals surface area contributed by atoms with Gasteiger partial charge in [-0.05, 0) is 43.9 Å². The van der Waals surface area contributed by atoms with Crippen LogP contribution in [0.1, 0.15) is 36.5 Å². The smallest absolute Gasteiger partial charge is 0.257 e. The summed E-state index contributed by atoms with van der Waals surface area (Å²) in [5.41, 5.74) is 1.03. The fraction of sp³-hybridized carbons (Fsp3) is 0.333. The number of thioether (sulfide) groups is 1. The van der Waals surface area contributed by atoms with E-state index in [9.17, 15) is 14.4 Å². The number of hydrogen-bond acceptors (Lipinski definition) is 5. The van der Waals surface area contributed by atoms with E-state index < -0.39 is 5.66 Å². The highest BCUT2D eigenvalue weighted by Crippen LogP contribution is 2.43. The molecular weight excluding hydrogens is 388 g/mol. The normalized spacial score (nSPS) is 20.5. The Kier molecular flexibility index (Phi) is 5.04. The molecule has 150 valence electrons. The average molecular weight is 410 g/mol. The maximum atomic E-state index is 13.2. The number of fused-ring (bicyclic) bond motifs is 3. The first-order valence-electron chi connectivity index (χ1n) is 9.48. The maximum Gasteiger partial charge on any atom is 0.257 e. The minimum atomic E-state index is -0.746. The number of amides is 3. The summed E-state index contributed by atoms with van der Waals surface area (Å²) < 4.78 is 0. The molecule has 0 aliphatic carbocycles. The van der Waals surface area contributed by atoms with Gasteiger partial charge in [-0.2, -0.15) is 0 Å². The summed E-state index contributed by atoms with van der Waals surface area (Å²) in [4.78, 5) is 45.8. The fourth-order valence-corrected chi connectivity index (χ4v) is 4.42. The van der Waals surface area contributed by atoms with Gasteiger partial charge in [-0.1, -0.05) is 12.1 Å². The molecule has 8 heteroatoms. The lowest BCUT2D eigenvalue weighted by molar-refractivity contribution is -0.117. The zero-order valence-corrected chi connectivity index (χ0v) is 17.2. The van der Waals surface area contributed by atoms with Crippen molar-refractivity contribution in [3.05, 3.63) is 48.2 Å². The third-order valence-electron chi connectivity index (χ3n) is 5.54. The number of hydrogen-bond donors (Lipinski definition) is 1. The lowest BCUT2D eigenvalue weighted by Gasteiger charge is -2.48. The molecule has 1 N–H and O–H groups in total. The van der Waals surface area contributed by atoms with Gasteiger partial charge in [-0.3, -0.25) is 19.3 Å². The van der Waals surface area contributed by atoms with Crippen molar-refractivity contribution >= 4 is 40.9 Å². The number of nitrogens with zero attached hydrogens (tertiary/aromatic N) is 3. The molecule has 1 aromatic heterocycles. The molecule has 1 aromatic carbocycles. The Labute approximate surface area is 173 Å². The summed E-state index contributed by atoms with van der Waals surface area (Å²) in [6.45, 7) is 2.13. The Hall–Kier alpha value is -2.87. The van der Waals surface area contributed by atoms with Gasteiger partial charge in [0.05, 0.1) is 28.2 Å². The summed E-state index contributed by atoms with van der Waals surface area (Å²) in [6, 6.07) is 10.8. The molecule has 1 saturated heterocycles. The van der Waals surface area contributed by atoms with Crippen LogP contribution >= 0.6 is 11.8 Å². The quantitative estimate of drug-likeness (QED) is 0.766. The van der Waals surface area contributed by atoms with E-state index in [0.717, 1.165) is 5.03 Å². The number of rotatable bonds is 5. The van der Waals surface area contributed by atoms with E-state index in [2.05, 4.69) is 10.3 Å². The Morgan fingerprint density at radius 1 is 1.24 bits per heavy atom. The monoisotopic (exact) mass is 410 g/mol. The summed E-state index contributed by atoms with van der Waals surface area (Å²) in [5, 5.41) is 3.69. The van der Waals surface area contributed by atoms with Crippen molar-refractivity contribution in [2.75, 3.05) is 23.0 Å². The van der Waals surface area contributed by atoms with Crippen molar-refractivity contribution in [3.8, 4) is 0 Å². The highest BCUT2D eigenvalue weighted by molar-refractivity contribution is 7.98. The number of nitrogens with one attached hydrogen (secondary N) is 1. The molecule has 1 unspecified atom stereocenters. The zero-order chi connectivity index (χ0) is 20.6. The van der Waals surface area contributed by atoms with Crippen molar-refractivity contribution < 1.29 is 14.4 Å². The maximum absolute atomic E-state index is 13.2. The Morgan fingerprint density at radius 3 is 2.76 bits per heavy atom. The standard InChI is InChI=1S/C21H22N4O3S/c1-21-11-9-19(27)25(21)16-6-4-3-5-15(16)20(28)24(21)12-10-17(26)23-14-7-8-18(29-2)22-13-14/h3-8,13H,9-12H2,1-2H3,(H,23,26). The van der Waals surface area contributed by atoms with Gasteiger partial charge in [0, 0.05) is 19.4 Å². The van der Waals surface area contributed by atoms with Gasteiger partial charge in [0.25, 0.3) is 5.91 Å². The van der Waals surface area contributed by atoms with E-state index in [1.807, 2.05) is 31.4 Å². The molecule has 29 heavy (non-hydrogen) atoms. The molecule has 1 atom stereocenters. The van der Waals surface area contributed by atoms with Crippen LogP contribution in [0.3, 0.4) is 0 Å². The molecule has 0 saturated carbocycles. The molecule has 4 rings (SSSR count). The number of carbonyl (C=O) groups excluding carboxylic acids is 3. The number of carbonyl (C=O) groups is 3. The SMILES string of the molecule is CSc1ccc(NC(=O)CCN2C(=O)c3ccccc3N3C(=O)CCC23C)cn1. The third kappa shape index (κ3) is 3.37. The number of para-hydroxylation sites is 1. The van der Waals surface area contributed by atoms with E-state index >= 15 is 0 Å². The van der Waals surface area contributed by atoms with E-state index in [1.165, 1.54) is 11.8 Å². The molecule has 1 fully saturated rings. The molecule has 0 bridgehead atoms. The zero-order valence-electron chi connectivity index (χ0n) is 16.3. The van der Waals surface area contributed by atoms with Crippen molar-refractivity contribution in [2.45, 2.75) is 36.9 Å². The lowest BCUT2D eigenvalue weighted by Crippen LogP contribution is -2.62. The van der Waals surface area contributed by atoms with Crippen LogP contribution in [0, 0.1) is 0 Å². The van der Waals surface area contributed by atoms with Crippen LogP contribution in [-0.2, 0) is 9.59 Å². The number of benzene rings is 1. The summed E-state index contributed by atoms with van der Waals surface area (Å²) in [7, 11) is 0. The third-order valence-corrected chi connectivity index (χ3v) is 6.20. The van der Waals surface area contributed by atoms with Gasteiger partial charge in [-0.15, -0.1) is 11.8 Å². The predicted molar refractivity (Wildman–Crippen MR) is 112 cm³/mol. The first kappa shape index (κ1) is 19.4. The van der Waals surface area contributed by atoms with Gasteiger partial charge in [0.1, 0.15) is 5.66 Å². The molecule has 3 amide bonds. The van der Waals surface area contributed by atoms with Crippen LogP contribution in [0.4, 0.5) is 11.4 Å². The Morgan fingerprint density at radius 2 is 2.03 bits per heavy atom. The van der Waals surface area contributed by atoms with Crippen molar-refractivity contribution in [1.82, 2.24) is 9.88 Å². The highest BCUT2D eigenvalue weighted by atomic mass is 32.2. The minimum absolute atomic E-state index is 0.00172. The summed E-state index contributed by atoms with van der Waals surface area (Å²) >= 11 is 1.53. The summed E-state index contributed by atoms with van der Waals surface area (Å²) in [6.07, 6.45) is 4.62. The molecule has 2 aliphatic heterocycles. The van der Waals surface area contributed by atoms with Gasteiger partial charge < -0.3 is 10.2 Å². The van der Waals surface area contributed by atoms with Crippen LogP contribution < -0.4 is 10.2 Å². The van der Waals surface area contributed by atoms with E-state index in [4.69, 9.17) is 0 Å². The number of aromatic nitrogens is 1. The van der Waals surface area contributed by atoms with Gasteiger partial charge in [-0.25, -0.2) is 4.98 Å². The Bertz CT molecular complexity index is 978. The van der Waals surface area contributed by atoms with Crippen LogP contribution in [0.5, 0.6) is 0 Å². The molecular formula is C21H22N4O3S. The number of pyridine rings is 1. The highest BCUT2D eigenvalue weighted by Gasteiger charge is 2.52. The second-order valence-electron chi connectivity index (χ2n) is 7.31. The van der Waals surface area contributed by atoms with Gasteiger partial charge in [0.2, 0.25) is 11.8 Å². The van der Waals surface area contributed by atoms with Crippen LogP contribution in [-0.4, -0.2) is 46.1 Å². The second kappa shape index (κ2) is 7.51. The van der Waals surface area contributed by atoms with Gasteiger partial charge >= 0.3 is 0 Å². The molecule has 7 nitrogen and oxygen atoms in total. The van der Waals surface area contributed by atoms with Crippen LogP contribution in [0.25, 0.3) is 0 Å². The fourth-order valence-electron chi connectivity index (χ4n) is 4.05. The van der Waals surface area contributed by atoms with E-state index in [1.54, 1.807) is 34.2 Å². The Balaban J connectivity index is 1.51. The predicted octanol–water partition coefficient (Wildman–Crippen LogP) is 3.13. The average Bonchev–Trinajstić information content (AvgIpc) is 3.03. The lowest BCUT2D eigenvalue weighted by atomic mass is 9.98. The molecule has 2 aromatic rings. The number of anilines is 2. The van der Waals surface area contributed by atoms with Crippen molar-refractivity contribution in [2.24, 2.45) is 0 Å². The first-order chi connectivity index (χ1) is 13.9. The van der Waals surface area contributed by atoms with Crippen LogP contribution in [0.15, 0.2) is 47.6 Å². The van der Waals surface area contributed by atoms with Crippen LogP contribution in [0.2, 0.25) is 0 Å². The van der Waals surface area contributed by atoms with Gasteiger partial charge in [0.15, 0.2) is 0 Å².